The van der Waals surface area contributed by atoms with Gasteiger partial charge in [0, 0.05) is 0 Å². The highest BCUT2D eigenvalue weighted by molar-refractivity contribution is 7.90. The van der Waals surface area contributed by atoms with Crippen molar-refractivity contribution in [3.05, 3.63) is 54.0 Å². The Morgan fingerprint density at radius 2 is 1.83 bits per heavy atom. The summed E-state index contributed by atoms with van der Waals surface area (Å²) in [5.74, 6) is 0.234. The number of benzene rings is 1. The van der Waals surface area contributed by atoms with Gasteiger partial charge >= 0.3 is 0 Å². The number of nitrogens with zero attached hydrogens (tertiary/aromatic N) is 2. The minimum Gasteiger partial charge on any atom is -0.468 e. The zero-order valence-corrected chi connectivity index (χ0v) is 13.9. The Morgan fingerprint density at radius 1 is 1.08 bits per heavy atom. The highest BCUT2D eigenvalue weighted by Gasteiger charge is 2.43. The van der Waals surface area contributed by atoms with Gasteiger partial charge in [-0.1, -0.05) is 12.1 Å². The molecular weight excluding hydrogens is 328 g/mol. The summed E-state index contributed by atoms with van der Waals surface area (Å²) < 4.78 is 32.1. The highest BCUT2D eigenvalue weighted by Crippen LogP contribution is 2.34. The zero-order chi connectivity index (χ0) is 16.7. The predicted octanol–water partition coefficient (Wildman–Crippen LogP) is 2.26. The third-order valence-corrected chi connectivity index (χ3v) is 6.51. The van der Waals surface area contributed by atoms with Crippen LogP contribution in [0.4, 0.5) is 0 Å². The number of fused-ring (bicyclic) bond motifs is 1. The molecule has 0 spiro atoms. The summed E-state index contributed by atoms with van der Waals surface area (Å²) in [7, 11) is -3.80. The molecular formula is C17H18N2O4S. The van der Waals surface area contributed by atoms with Crippen LogP contribution in [0.15, 0.2) is 52.0 Å². The first-order chi connectivity index (χ1) is 11.6. The van der Waals surface area contributed by atoms with E-state index in [9.17, 15) is 13.2 Å². The lowest BCUT2D eigenvalue weighted by Gasteiger charge is -2.29. The molecule has 7 heteroatoms. The molecule has 1 aromatic heterocycles. The van der Waals surface area contributed by atoms with E-state index in [1.807, 2.05) is 6.07 Å². The molecule has 6 nitrogen and oxygen atoms in total. The molecule has 2 aromatic rings. The molecule has 2 aliphatic rings. The third-order valence-electron chi connectivity index (χ3n) is 4.70. The number of carbonyl (C=O) groups excluding carboxylic acids is 1. The first-order valence-electron chi connectivity index (χ1n) is 8.02. The van der Waals surface area contributed by atoms with Crippen LogP contribution in [0.25, 0.3) is 0 Å². The molecule has 0 unspecified atom stereocenters. The predicted molar refractivity (Wildman–Crippen MR) is 86.9 cm³/mol. The zero-order valence-electron chi connectivity index (χ0n) is 13.1. The molecule has 24 heavy (non-hydrogen) atoms. The van der Waals surface area contributed by atoms with Crippen LogP contribution < -0.4 is 0 Å². The molecule has 1 atom stereocenters. The fraction of sp³-hybridized carbons (Fsp3) is 0.353. The number of furan rings is 1. The molecule has 2 aliphatic heterocycles. The SMILES string of the molecule is O=C1c2ccccc2S(=O)(=O)N1C[C@H](c1ccco1)N1CCCC1. The summed E-state index contributed by atoms with van der Waals surface area (Å²) in [6, 6.07) is 9.73. The molecule has 0 aliphatic carbocycles. The van der Waals surface area contributed by atoms with Gasteiger partial charge < -0.3 is 4.42 Å². The monoisotopic (exact) mass is 346 g/mol. The van der Waals surface area contributed by atoms with Crippen molar-refractivity contribution in [1.82, 2.24) is 9.21 Å². The van der Waals surface area contributed by atoms with E-state index in [1.54, 1.807) is 30.5 Å². The number of likely N-dealkylation sites (tertiary alicyclic amines) is 1. The van der Waals surface area contributed by atoms with E-state index < -0.39 is 15.9 Å². The maximum atomic E-state index is 12.8. The van der Waals surface area contributed by atoms with E-state index in [2.05, 4.69) is 4.90 Å². The number of hydrogen-bond donors (Lipinski definition) is 0. The first-order valence-corrected chi connectivity index (χ1v) is 9.46. The lowest BCUT2D eigenvalue weighted by Crippen LogP contribution is -2.39. The fourth-order valence-electron chi connectivity index (χ4n) is 3.49. The average molecular weight is 346 g/mol. The summed E-state index contributed by atoms with van der Waals surface area (Å²) in [5, 5.41) is 0. The van der Waals surface area contributed by atoms with Crippen molar-refractivity contribution >= 4 is 15.9 Å². The number of carbonyl (C=O) groups is 1. The standard InChI is InChI=1S/C17H18N2O4S/c20-17-13-6-1-2-8-16(13)24(21,22)19(17)12-14(15-7-5-11-23-15)18-9-3-4-10-18/h1-2,5-8,11,14H,3-4,9-10,12H2/t14-/m1/s1. The van der Waals surface area contributed by atoms with Crippen molar-refractivity contribution in [3.63, 3.8) is 0 Å². The first kappa shape index (κ1) is 15.4. The van der Waals surface area contributed by atoms with E-state index >= 15 is 0 Å². The maximum absolute atomic E-state index is 12.8. The van der Waals surface area contributed by atoms with Crippen molar-refractivity contribution < 1.29 is 17.6 Å². The van der Waals surface area contributed by atoms with Gasteiger partial charge in [0.1, 0.15) is 10.7 Å². The van der Waals surface area contributed by atoms with Crippen LogP contribution in [0, 0.1) is 0 Å². The quantitative estimate of drug-likeness (QED) is 0.849. The molecule has 3 heterocycles. The van der Waals surface area contributed by atoms with Crippen molar-refractivity contribution in [1.29, 1.82) is 0 Å². The molecule has 126 valence electrons. The van der Waals surface area contributed by atoms with Gasteiger partial charge in [-0.2, -0.15) is 0 Å². The Kier molecular flexibility index (Phi) is 3.69. The molecule has 0 radical (unpaired) electrons. The van der Waals surface area contributed by atoms with Crippen LogP contribution in [0.3, 0.4) is 0 Å². The Balaban J connectivity index is 1.69. The van der Waals surface area contributed by atoms with Crippen LogP contribution in [-0.4, -0.2) is 43.2 Å². The molecule has 1 saturated heterocycles. The second kappa shape index (κ2) is 5.75. The average Bonchev–Trinajstić information content (AvgIpc) is 3.31. The normalized spacial score (nSPS) is 21.2. The van der Waals surface area contributed by atoms with E-state index in [-0.39, 0.29) is 23.0 Å². The topological polar surface area (TPSA) is 70.8 Å². The van der Waals surface area contributed by atoms with Gasteiger partial charge in [0.2, 0.25) is 0 Å². The van der Waals surface area contributed by atoms with Crippen LogP contribution in [-0.2, 0) is 10.0 Å². The molecule has 1 fully saturated rings. The van der Waals surface area contributed by atoms with E-state index in [0.29, 0.717) is 5.76 Å². The Hall–Kier alpha value is -2.12. The summed E-state index contributed by atoms with van der Waals surface area (Å²) in [6.07, 6.45) is 3.71. The summed E-state index contributed by atoms with van der Waals surface area (Å²) in [4.78, 5) is 14.9. The summed E-state index contributed by atoms with van der Waals surface area (Å²) in [5.41, 5.74) is 0.247. The van der Waals surface area contributed by atoms with E-state index in [0.717, 1.165) is 30.2 Å². The van der Waals surface area contributed by atoms with Crippen molar-refractivity contribution in [2.24, 2.45) is 0 Å². The van der Waals surface area contributed by atoms with Gasteiger partial charge in [0.25, 0.3) is 15.9 Å². The summed E-state index contributed by atoms with van der Waals surface area (Å²) in [6.45, 7) is 1.82. The Labute approximate surface area is 140 Å². The van der Waals surface area contributed by atoms with Crippen LogP contribution >= 0.6 is 0 Å². The Bertz CT molecular complexity index is 854. The third kappa shape index (κ3) is 2.35. The fourth-order valence-corrected chi connectivity index (χ4v) is 5.06. The molecule has 0 N–H and O–H groups in total. The van der Waals surface area contributed by atoms with Gasteiger partial charge in [-0.05, 0) is 50.2 Å². The number of hydrogen-bond acceptors (Lipinski definition) is 5. The van der Waals surface area contributed by atoms with Gasteiger partial charge in [-0.15, -0.1) is 0 Å². The minimum absolute atomic E-state index is 0.0728. The number of rotatable bonds is 4. The largest absolute Gasteiger partial charge is 0.468 e. The minimum atomic E-state index is -3.80. The van der Waals surface area contributed by atoms with E-state index in [1.165, 1.54) is 6.07 Å². The van der Waals surface area contributed by atoms with Crippen LogP contribution in [0.5, 0.6) is 0 Å². The number of sulfonamides is 1. The lowest BCUT2D eigenvalue weighted by molar-refractivity contribution is 0.0828. The molecule has 0 saturated carbocycles. The lowest BCUT2D eigenvalue weighted by atomic mass is 10.1. The number of amides is 1. The molecule has 0 bridgehead atoms. The smallest absolute Gasteiger partial charge is 0.269 e. The van der Waals surface area contributed by atoms with Gasteiger partial charge in [-0.3, -0.25) is 9.69 Å². The van der Waals surface area contributed by atoms with Crippen molar-refractivity contribution in [2.45, 2.75) is 23.8 Å². The van der Waals surface area contributed by atoms with Crippen molar-refractivity contribution in [3.8, 4) is 0 Å². The van der Waals surface area contributed by atoms with Crippen LogP contribution in [0.1, 0.15) is 35.0 Å². The molecule has 1 amide bonds. The maximum Gasteiger partial charge on any atom is 0.269 e. The molecule has 4 rings (SSSR count). The van der Waals surface area contributed by atoms with Crippen LogP contribution in [0.2, 0.25) is 0 Å². The van der Waals surface area contributed by atoms with Gasteiger partial charge in [0.15, 0.2) is 0 Å². The second-order valence-electron chi connectivity index (χ2n) is 6.11. The second-order valence-corrected chi connectivity index (χ2v) is 7.94. The van der Waals surface area contributed by atoms with Gasteiger partial charge in [0.05, 0.1) is 24.4 Å². The van der Waals surface area contributed by atoms with E-state index in [4.69, 9.17) is 4.42 Å². The van der Waals surface area contributed by atoms with Crippen molar-refractivity contribution in [2.75, 3.05) is 19.6 Å². The molecule has 1 aromatic carbocycles. The van der Waals surface area contributed by atoms with Gasteiger partial charge in [-0.25, -0.2) is 12.7 Å². The highest BCUT2D eigenvalue weighted by atomic mass is 32.2. The Morgan fingerprint density at radius 3 is 2.50 bits per heavy atom. The summed E-state index contributed by atoms with van der Waals surface area (Å²) >= 11 is 0.